The predicted octanol–water partition coefficient (Wildman–Crippen LogP) is 2.52. The number of amides is 2. The number of halogens is 1. The van der Waals surface area contributed by atoms with Crippen molar-refractivity contribution in [2.75, 3.05) is 23.7 Å². The highest BCUT2D eigenvalue weighted by molar-refractivity contribution is 7.99. The van der Waals surface area contributed by atoms with Crippen LogP contribution in [0.5, 0.6) is 0 Å². The maximum Gasteiger partial charge on any atom is 0.230 e. The third-order valence-electron chi connectivity index (χ3n) is 5.42. The molecule has 0 bridgehead atoms. The molecule has 2 fully saturated rings. The standard InChI is InChI=1S/C22H26FN5O2S/c23-17-5-3-15(4-6-17)12-24-20(29)14-31-21-10-9-19(26-27-21)28-11-1-2-16(13-28)22(30)25-18-7-8-18/h3-6,9-10,16,18H,1-2,7-8,11-14H2,(H,24,29)(H,25,30). The summed E-state index contributed by atoms with van der Waals surface area (Å²) in [5, 5.41) is 15.1. The predicted molar refractivity (Wildman–Crippen MR) is 117 cm³/mol. The summed E-state index contributed by atoms with van der Waals surface area (Å²) >= 11 is 1.31. The molecule has 1 unspecified atom stereocenters. The first-order chi connectivity index (χ1) is 15.1. The van der Waals surface area contributed by atoms with Crippen LogP contribution in [-0.2, 0) is 16.1 Å². The van der Waals surface area contributed by atoms with E-state index < -0.39 is 0 Å². The average Bonchev–Trinajstić information content (AvgIpc) is 3.62. The fraction of sp³-hybridized carbons (Fsp3) is 0.455. The van der Waals surface area contributed by atoms with Crippen LogP contribution in [-0.4, -0.2) is 46.9 Å². The van der Waals surface area contributed by atoms with Gasteiger partial charge in [0.05, 0.1) is 11.7 Å². The Balaban J connectivity index is 1.22. The van der Waals surface area contributed by atoms with Crippen LogP contribution in [0.15, 0.2) is 41.4 Å². The van der Waals surface area contributed by atoms with Crippen molar-refractivity contribution in [3.63, 3.8) is 0 Å². The van der Waals surface area contributed by atoms with Gasteiger partial charge >= 0.3 is 0 Å². The number of carbonyl (C=O) groups excluding carboxylic acids is 2. The fourth-order valence-electron chi connectivity index (χ4n) is 3.50. The number of nitrogens with one attached hydrogen (secondary N) is 2. The van der Waals surface area contributed by atoms with E-state index in [1.165, 1.54) is 23.9 Å². The normalized spacial score (nSPS) is 18.5. The molecule has 9 heteroatoms. The minimum absolute atomic E-state index is 0.00463. The molecular weight excluding hydrogens is 417 g/mol. The van der Waals surface area contributed by atoms with Gasteiger partial charge in [-0.1, -0.05) is 23.9 Å². The molecule has 1 saturated carbocycles. The van der Waals surface area contributed by atoms with E-state index in [1.807, 2.05) is 12.1 Å². The van der Waals surface area contributed by atoms with Gasteiger partial charge in [-0.15, -0.1) is 10.2 Å². The molecule has 0 radical (unpaired) electrons. The number of hydrogen-bond donors (Lipinski definition) is 2. The molecule has 7 nitrogen and oxygen atoms in total. The third-order valence-corrected chi connectivity index (χ3v) is 6.34. The van der Waals surface area contributed by atoms with Crippen LogP contribution in [0.25, 0.3) is 0 Å². The maximum atomic E-state index is 12.9. The number of aromatic nitrogens is 2. The summed E-state index contributed by atoms with van der Waals surface area (Å²) in [7, 11) is 0. The molecule has 31 heavy (non-hydrogen) atoms. The second-order valence-corrected chi connectivity index (χ2v) is 8.99. The van der Waals surface area contributed by atoms with Gasteiger partial charge < -0.3 is 15.5 Å². The molecule has 1 atom stereocenters. The number of piperidine rings is 1. The SMILES string of the molecule is O=C(CSc1ccc(N2CCCC(C(=O)NC3CC3)C2)nn1)NCc1ccc(F)cc1. The molecule has 4 rings (SSSR count). The molecule has 1 aliphatic heterocycles. The largest absolute Gasteiger partial charge is 0.354 e. The highest BCUT2D eigenvalue weighted by Gasteiger charge is 2.30. The fourth-order valence-corrected chi connectivity index (χ4v) is 4.14. The van der Waals surface area contributed by atoms with Crippen LogP contribution < -0.4 is 15.5 Å². The Morgan fingerprint density at radius 1 is 1.10 bits per heavy atom. The summed E-state index contributed by atoms with van der Waals surface area (Å²) in [6, 6.07) is 10.2. The van der Waals surface area contributed by atoms with Gasteiger partial charge in [0.15, 0.2) is 5.82 Å². The number of benzene rings is 1. The lowest BCUT2D eigenvalue weighted by atomic mass is 9.97. The molecule has 164 valence electrons. The lowest BCUT2D eigenvalue weighted by Gasteiger charge is -2.32. The lowest BCUT2D eigenvalue weighted by molar-refractivity contribution is -0.125. The van der Waals surface area contributed by atoms with Crippen LogP contribution >= 0.6 is 11.8 Å². The van der Waals surface area contributed by atoms with Crippen molar-refractivity contribution >= 4 is 29.4 Å². The third kappa shape index (κ3) is 6.40. The van der Waals surface area contributed by atoms with Gasteiger partial charge in [0.25, 0.3) is 0 Å². The first-order valence-electron chi connectivity index (χ1n) is 10.6. The zero-order valence-electron chi connectivity index (χ0n) is 17.2. The molecular formula is C22H26FN5O2S. The first-order valence-corrected chi connectivity index (χ1v) is 11.6. The van der Waals surface area contributed by atoms with E-state index in [0.717, 1.165) is 43.6 Å². The Morgan fingerprint density at radius 3 is 2.61 bits per heavy atom. The van der Waals surface area contributed by atoms with Crippen LogP contribution in [0, 0.1) is 11.7 Å². The molecule has 2 heterocycles. The summed E-state index contributed by atoms with van der Waals surface area (Å²) < 4.78 is 12.9. The van der Waals surface area contributed by atoms with Crippen molar-refractivity contribution < 1.29 is 14.0 Å². The van der Waals surface area contributed by atoms with E-state index in [1.54, 1.807) is 12.1 Å². The molecule has 2 aliphatic rings. The summed E-state index contributed by atoms with van der Waals surface area (Å²) in [4.78, 5) is 26.5. The monoisotopic (exact) mass is 443 g/mol. The van der Waals surface area contributed by atoms with E-state index in [9.17, 15) is 14.0 Å². The summed E-state index contributed by atoms with van der Waals surface area (Å²) in [6.45, 7) is 1.88. The highest BCUT2D eigenvalue weighted by atomic mass is 32.2. The Bertz CT molecular complexity index is 905. The smallest absolute Gasteiger partial charge is 0.230 e. The maximum absolute atomic E-state index is 12.9. The number of carbonyl (C=O) groups is 2. The Morgan fingerprint density at radius 2 is 1.90 bits per heavy atom. The molecule has 2 N–H and O–H groups in total. The van der Waals surface area contributed by atoms with Crippen molar-refractivity contribution in [3.05, 3.63) is 47.8 Å². The van der Waals surface area contributed by atoms with E-state index in [2.05, 4.69) is 25.7 Å². The Kier molecular flexibility index (Phi) is 7.01. The molecule has 0 spiro atoms. The quantitative estimate of drug-likeness (QED) is 0.610. The first kappa shape index (κ1) is 21.5. The zero-order valence-corrected chi connectivity index (χ0v) is 18.0. The number of nitrogens with zero attached hydrogens (tertiary/aromatic N) is 3. The van der Waals surface area contributed by atoms with Gasteiger partial charge in [-0.3, -0.25) is 9.59 Å². The van der Waals surface area contributed by atoms with E-state index >= 15 is 0 Å². The number of thioether (sulfide) groups is 1. The van der Waals surface area contributed by atoms with Gasteiger partial charge in [-0.25, -0.2) is 4.39 Å². The van der Waals surface area contributed by atoms with Gasteiger partial charge in [-0.05, 0) is 55.5 Å². The van der Waals surface area contributed by atoms with E-state index in [4.69, 9.17) is 0 Å². The van der Waals surface area contributed by atoms with Crippen LogP contribution in [0.1, 0.15) is 31.2 Å². The summed E-state index contributed by atoms with van der Waals surface area (Å²) in [5.74, 6) is 0.709. The van der Waals surface area contributed by atoms with Crippen LogP contribution in [0.2, 0.25) is 0 Å². The van der Waals surface area contributed by atoms with E-state index in [0.29, 0.717) is 24.2 Å². The minimum atomic E-state index is -0.297. The number of hydrogen-bond acceptors (Lipinski definition) is 6. The minimum Gasteiger partial charge on any atom is -0.354 e. The van der Waals surface area contributed by atoms with Crippen molar-refractivity contribution in [3.8, 4) is 0 Å². The van der Waals surface area contributed by atoms with Gasteiger partial charge in [-0.2, -0.15) is 0 Å². The lowest BCUT2D eigenvalue weighted by Crippen LogP contribution is -2.44. The molecule has 1 saturated heterocycles. The van der Waals surface area contributed by atoms with Crippen molar-refractivity contribution in [1.29, 1.82) is 0 Å². The van der Waals surface area contributed by atoms with Crippen molar-refractivity contribution in [1.82, 2.24) is 20.8 Å². The summed E-state index contributed by atoms with van der Waals surface area (Å²) in [5.41, 5.74) is 0.842. The molecule has 2 aromatic rings. The average molecular weight is 444 g/mol. The second-order valence-electron chi connectivity index (χ2n) is 7.99. The van der Waals surface area contributed by atoms with Crippen LogP contribution in [0.4, 0.5) is 10.2 Å². The van der Waals surface area contributed by atoms with E-state index in [-0.39, 0.29) is 29.3 Å². The van der Waals surface area contributed by atoms with Gasteiger partial charge in [0.1, 0.15) is 10.8 Å². The molecule has 1 aromatic carbocycles. The number of rotatable bonds is 8. The molecule has 2 amide bonds. The zero-order chi connectivity index (χ0) is 21.6. The second kappa shape index (κ2) is 10.1. The molecule has 1 aromatic heterocycles. The molecule has 1 aliphatic carbocycles. The highest BCUT2D eigenvalue weighted by Crippen LogP contribution is 2.25. The van der Waals surface area contributed by atoms with Crippen molar-refractivity contribution in [2.24, 2.45) is 5.92 Å². The number of anilines is 1. The Hall–Kier alpha value is -2.68. The van der Waals surface area contributed by atoms with Crippen LogP contribution in [0.3, 0.4) is 0 Å². The summed E-state index contributed by atoms with van der Waals surface area (Å²) in [6.07, 6.45) is 4.05. The van der Waals surface area contributed by atoms with Gasteiger partial charge in [0, 0.05) is 25.7 Å². The topological polar surface area (TPSA) is 87.2 Å². The van der Waals surface area contributed by atoms with Gasteiger partial charge in [0.2, 0.25) is 11.8 Å². The van der Waals surface area contributed by atoms with Crippen molar-refractivity contribution in [2.45, 2.75) is 43.3 Å². The Labute approximate surface area is 185 Å².